The first-order chi connectivity index (χ1) is 14.4. The molecule has 2 atom stereocenters. The summed E-state index contributed by atoms with van der Waals surface area (Å²) in [4.78, 5) is 12.4. The largest absolute Gasteiger partial charge is 0.493 e. The van der Waals surface area contributed by atoms with Gasteiger partial charge in [0.25, 0.3) is 0 Å². The SMILES string of the molecule is CC(C)c1cc2c(NC3c4ccccc4OCC3CCC(C)(C)C#N)ncnc2[nH]1. The monoisotopic (exact) mass is 403 g/mol. The zero-order valence-corrected chi connectivity index (χ0v) is 18.1. The van der Waals surface area contributed by atoms with Crippen molar-refractivity contribution in [3.8, 4) is 11.8 Å². The maximum Gasteiger partial charge on any atom is 0.143 e. The van der Waals surface area contributed by atoms with Gasteiger partial charge in [0.05, 0.1) is 29.5 Å². The minimum atomic E-state index is -0.351. The van der Waals surface area contributed by atoms with Crippen LogP contribution >= 0.6 is 0 Å². The summed E-state index contributed by atoms with van der Waals surface area (Å²) in [5.41, 5.74) is 2.78. The smallest absolute Gasteiger partial charge is 0.143 e. The Kier molecular flexibility index (Phi) is 5.38. The maximum atomic E-state index is 9.43. The first kappa shape index (κ1) is 20.2. The van der Waals surface area contributed by atoms with Crippen molar-refractivity contribution in [2.24, 2.45) is 11.3 Å². The van der Waals surface area contributed by atoms with Gasteiger partial charge >= 0.3 is 0 Å². The lowest BCUT2D eigenvalue weighted by molar-refractivity contribution is 0.182. The van der Waals surface area contributed by atoms with E-state index in [1.807, 2.05) is 32.0 Å². The third kappa shape index (κ3) is 3.97. The maximum absolute atomic E-state index is 9.43. The molecule has 0 saturated carbocycles. The molecule has 2 N–H and O–H groups in total. The summed E-state index contributed by atoms with van der Waals surface area (Å²) in [5, 5.41) is 14.1. The zero-order chi connectivity index (χ0) is 21.3. The number of hydrogen-bond donors (Lipinski definition) is 2. The Labute approximate surface area is 177 Å². The predicted octanol–water partition coefficient (Wildman–Crippen LogP) is 5.57. The number of nitrogens with zero attached hydrogens (tertiary/aromatic N) is 3. The van der Waals surface area contributed by atoms with E-state index >= 15 is 0 Å². The van der Waals surface area contributed by atoms with Crippen molar-refractivity contribution in [3.63, 3.8) is 0 Å². The summed E-state index contributed by atoms with van der Waals surface area (Å²) in [6, 6.07) is 12.8. The van der Waals surface area contributed by atoms with Gasteiger partial charge < -0.3 is 15.0 Å². The van der Waals surface area contributed by atoms with Gasteiger partial charge in [-0.05, 0) is 44.7 Å². The number of H-pyrrole nitrogens is 1. The van der Waals surface area contributed by atoms with Crippen LogP contribution in [0.3, 0.4) is 0 Å². The lowest BCUT2D eigenvalue weighted by Crippen LogP contribution is -2.32. The molecule has 3 heterocycles. The highest BCUT2D eigenvalue weighted by molar-refractivity contribution is 5.88. The van der Waals surface area contributed by atoms with Crippen LogP contribution in [0.1, 0.15) is 63.8 Å². The molecule has 6 heteroatoms. The van der Waals surface area contributed by atoms with Gasteiger partial charge in [-0.15, -0.1) is 0 Å². The van der Waals surface area contributed by atoms with Gasteiger partial charge in [0.1, 0.15) is 23.5 Å². The van der Waals surface area contributed by atoms with Crippen molar-refractivity contribution < 1.29 is 4.74 Å². The van der Waals surface area contributed by atoms with E-state index in [9.17, 15) is 5.26 Å². The van der Waals surface area contributed by atoms with E-state index < -0.39 is 0 Å². The summed E-state index contributed by atoms with van der Waals surface area (Å²) in [6.07, 6.45) is 3.31. The molecule has 0 spiro atoms. The molecule has 1 aliphatic heterocycles. The summed E-state index contributed by atoms with van der Waals surface area (Å²) < 4.78 is 6.06. The topological polar surface area (TPSA) is 86.6 Å². The second-order valence-electron chi connectivity index (χ2n) is 9.13. The standard InChI is InChI=1S/C24H29N5O/c1-15(2)19-11-18-22(28-19)26-14-27-23(18)29-21-16(9-10-24(3,4)13-25)12-30-20-8-6-5-7-17(20)21/h5-8,11,14-16,21H,9-10,12H2,1-4H3,(H2,26,27,28,29). The number of ether oxygens (including phenoxy) is 1. The van der Waals surface area contributed by atoms with Gasteiger partial charge in [-0.2, -0.15) is 5.26 Å². The van der Waals surface area contributed by atoms with Crippen LogP contribution in [-0.4, -0.2) is 21.6 Å². The van der Waals surface area contributed by atoms with Crippen LogP contribution in [0.5, 0.6) is 5.75 Å². The van der Waals surface area contributed by atoms with Crippen molar-refractivity contribution in [1.82, 2.24) is 15.0 Å². The zero-order valence-electron chi connectivity index (χ0n) is 18.1. The molecule has 0 saturated heterocycles. The number of benzene rings is 1. The molecular weight excluding hydrogens is 374 g/mol. The molecular formula is C24H29N5O. The molecule has 2 aromatic heterocycles. The lowest BCUT2D eigenvalue weighted by Gasteiger charge is -2.35. The Bertz CT molecular complexity index is 1080. The van der Waals surface area contributed by atoms with Crippen molar-refractivity contribution in [2.45, 2.75) is 52.5 Å². The Morgan fingerprint density at radius 2 is 2.10 bits per heavy atom. The molecule has 1 aliphatic rings. The summed E-state index contributed by atoms with van der Waals surface area (Å²) >= 11 is 0. The number of para-hydroxylation sites is 1. The Morgan fingerprint density at radius 1 is 1.30 bits per heavy atom. The minimum Gasteiger partial charge on any atom is -0.493 e. The molecule has 0 bridgehead atoms. The first-order valence-electron chi connectivity index (χ1n) is 10.6. The molecule has 3 aromatic rings. The van der Waals surface area contributed by atoms with Gasteiger partial charge in [0.2, 0.25) is 0 Å². The summed E-state index contributed by atoms with van der Waals surface area (Å²) in [6.45, 7) is 8.93. The van der Waals surface area contributed by atoms with Crippen molar-refractivity contribution in [1.29, 1.82) is 5.26 Å². The minimum absolute atomic E-state index is 0.0555. The van der Waals surface area contributed by atoms with E-state index in [4.69, 9.17) is 4.74 Å². The number of rotatable bonds is 6. The van der Waals surface area contributed by atoms with Crippen LogP contribution in [0, 0.1) is 22.7 Å². The molecule has 1 aromatic carbocycles. The van der Waals surface area contributed by atoms with E-state index in [0.29, 0.717) is 12.5 Å². The Balaban J connectivity index is 1.68. The van der Waals surface area contributed by atoms with E-state index in [-0.39, 0.29) is 17.4 Å². The van der Waals surface area contributed by atoms with Gasteiger partial charge in [-0.1, -0.05) is 32.0 Å². The van der Waals surface area contributed by atoms with Gasteiger partial charge in [-0.3, -0.25) is 0 Å². The predicted molar refractivity (Wildman–Crippen MR) is 118 cm³/mol. The van der Waals surface area contributed by atoms with Gasteiger partial charge in [0, 0.05) is 17.2 Å². The Morgan fingerprint density at radius 3 is 2.87 bits per heavy atom. The van der Waals surface area contributed by atoms with Crippen LogP contribution < -0.4 is 10.1 Å². The van der Waals surface area contributed by atoms with Crippen molar-refractivity contribution in [3.05, 3.63) is 47.9 Å². The molecule has 4 rings (SSSR count). The second kappa shape index (κ2) is 7.98. The third-order valence-corrected chi connectivity index (χ3v) is 5.98. The van der Waals surface area contributed by atoms with Crippen LogP contribution in [0.2, 0.25) is 0 Å². The fourth-order valence-electron chi connectivity index (χ4n) is 4.00. The third-order valence-electron chi connectivity index (χ3n) is 5.98. The molecule has 0 amide bonds. The van der Waals surface area contributed by atoms with E-state index in [2.05, 4.69) is 52.3 Å². The first-order valence-corrected chi connectivity index (χ1v) is 10.6. The fourth-order valence-corrected chi connectivity index (χ4v) is 4.00. The second-order valence-corrected chi connectivity index (χ2v) is 9.13. The van der Waals surface area contributed by atoms with Gasteiger partial charge in [0.15, 0.2) is 0 Å². The quantitative estimate of drug-likeness (QED) is 0.561. The highest BCUT2D eigenvalue weighted by atomic mass is 16.5. The molecule has 156 valence electrons. The number of anilines is 1. The number of hydrogen-bond acceptors (Lipinski definition) is 5. The molecule has 2 unspecified atom stereocenters. The van der Waals surface area contributed by atoms with Crippen LogP contribution in [0.25, 0.3) is 11.0 Å². The number of fused-ring (bicyclic) bond motifs is 2. The highest BCUT2D eigenvalue weighted by Crippen LogP contribution is 2.41. The van der Waals surface area contributed by atoms with Gasteiger partial charge in [-0.25, -0.2) is 9.97 Å². The molecule has 6 nitrogen and oxygen atoms in total. The van der Waals surface area contributed by atoms with E-state index in [1.165, 1.54) is 0 Å². The average molecular weight is 404 g/mol. The molecule has 0 fully saturated rings. The summed E-state index contributed by atoms with van der Waals surface area (Å²) in [5.74, 6) is 2.36. The molecule has 30 heavy (non-hydrogen) atoms. The van der Waals surface area contributed by atoms with Crippen molar-refractivity contribution in [2.75, 3.05) is 11.9 Å². The molecule has 0 aliphatic carbocycles. The lowest BCUT2D eigenvalue weighted by atomic mass is 9.81. The van der Waals surface area contributed by atoms with Crippen molar-refractivity contribution >= 4 is 16.9 Å². The van der Waals surface area contributed by atoms with Crippen LogP contribution in [-0.2, 0) is 0 Å². The number of nitrogens with one attached hydrogen (secondary N) is 2. The summed E-state index contributed by atoms with van der Waals surface area (Å²) in [7, 11) is 0. The van der Waals surface area contributed by atoms with E-state index in [0.717, 1.165) is 46.7 Å². The number of aromatic amines is 1. The normalized spacial score (nSPS) is 18.7. The number of nitriles is 1. The molecule has 0 radical (unpaired) electrons. The van der Waals surface area contributed by atoms with Crippen LogP contribution in [0.4, 0.5) is 5.82 Å². The highest BCUT2D eigenvalue weighted by Gasteiger charge is 2.33. The Hall–Kier alpha value is -3.07. The number of aromatic nitrogens is 3. The van der Waals surface area contributed by atoms with E-state index in [1.54, 1.807) is 6.33 Å². The van der Waals surface area contributed by atoms with Crippen LogP contribution in [0.15, 0.2) is 36.7 Å². The average Bonchev–Trinajstić information content (AvgIpc) is 3.19. The fraction of sp³-hybridized carbons (Fsp3) is 0.458.